The van der Waals surface area contributed by atoms with Gasteiger partial charge in [0.05, 0.1) is 19.3 Å². The van der Waals surface area contributed by atoms with E-state index in [2.05, 4.69) is 20.0 Å². The van der Waals surface area contributed by atoms with Gasteiger partial charge in [0, 0.05) is 66.0 Å². The largest absolute Gasteiger partial charge is 0.383 e. The molecule has 6 heteroatoms. The second-order valence-corrected chi connectivity index (χ2v) is 7.58. The first kappa shape index (κ1) is 22.1. The summed E-state index contributed by atoms with van der Waals surface area (Å²) in [4.78, 5) is 7.76. The van der Waals surface area contributed by atoms with E-state index in [1.54, 1.807) is 7.11 Å². The number of hydrogen-bond acceptors (Lipinski definition) is 6. The third-order valence-electron chi connectivity index (χ3n) is 5.74. The van der Waals surface area contributed by atoms with Gasteiger partial charge in [-0.05, 0) is 31.8 Å². The van der Waals surface area contributed by atoms with Gasteiger partial charge in [-0.15, -0.1) is 0 Å². The van der Waals surface area contributed by atoms with Gasteiger partial charge >= 0.3 is 0 Å². The molecule has 154 valence electrons. The normalized spacial score (nSPS) is 27.1. The Balaban J connectivity index is 0.00000117. The molecule has 0 spiro atoms. The fourth-order valence-corrected chi connectivity index (χ4v) is 4.19. The van der Waals surface area contributed by atoms with Crippen LogP contribution in [0.15, 0.2) is 0 Å². The van der Waals surface area contributed by atoms with E-state index in [0.717, 1.165) is 45.3 Å². The zero-order chi connectivity index (χ0) is 18.6. The Morgan fingerprint density at radius 2 is 1.58 bits per heavy atom. The number of nitrogens with zero attached hydrogens (tertiary/aromatic N) is 3. The van der Waals surface area contributed by atoms with Gasteiger partial charge in [0.25, 0.3) is 0 Å². The van der Waals surface area contributed by atoms with Crippen molar-refractivity contribution >= 4 is 0 Å². The molecule has 3 aliphatic rings. The summed E-state index contributed by atoms with van der Waals surface area (Å²) in [5.41, 5.74) is 0. The van der Waals surface area contributed by atoms with Crippen molar-refractivity contribution in [1.82, 2.24) is 20.0 Å². The monoisotopic (exact) mass is 370 g/mol. The first-order chi connectivity index (χ1) is 12.8. The minimum absolute atomic E-state index is 0.367. The van der Waals surface area contributed by atoms with E-state index < -0.39 is 0 Å². The number of ether oxygens (including phenoxy) is 2. The molecule has 3 fully saturated rings. The Morgan fingerprint density at radius 3 is 2.23 bits per heavy atom. The first-order valence-corrected chi connectivity index (χ1v) is 10.8. The summed E-state index contributed by atoms with van der Waals surface area (Å²) in [6.07, 6.45) is 3.08. The molecule has 0 aliphatic carbocycles. The molecule has 0 bridgehead atoms. The Kier molecular flexibility index (Phi) is 11.0. The van der Waals surface area contributed by atoms with E-state index in [1.807, 2.05) is 13.8 Å². The quantitative estimate of drug-likeness (QED) is 0.720. The van der Waals surface area contributed by atoms with Crippen LogP contribution in [0.2, 0.25) is 0 Å². The number of morpholine rings is 1. The van der Waals surface area contributed by atoms with E-state index in [-0.39, 0.29) is 0 Å². The maximum atomic E-state index is 5.99. The molecule has 26 heavy (non-hydrogen) atoms. The highest BCUT2D eigenvalue weighted by atomic mass is 16.5. The molecule has 0 aromatic rings. The molecule has 3 rings (SSSR count). The van der Waals surface area contributed by atoms with Crippen LogP contribution in [0.25, 0.3) is 0 Å². The number of nitrogens with one attached hydrogen (secondary N) is 1. The van der Waals surface area contributed by atoms with Crippen molar-refractivity contribution in [3.63, 3.8) is 0 Å². The molecule has 0 radical (unpaired) electrons. The summed E-state index contributed by atoms with van der Waals surface area (Å²) >= 11 is 0. The van der Waals surface area contributed by atoms with E-state index in [9.17, 15) is 0 Å². The Hall–Kier alpha value is -0.240. The SMILES string of the molecule is CC.COCCN1CCOC(CN2CCN(CC3CCNCC3)CC2)C1. The summed E-state index contributed by atoms with van der Waals surface area (Å²) in [6.45, 7) is 18.5. The lowest BCUT2D eigenvalue weighted by molar-refractivity contribution is -0.0527. The average molecular weight is 371 g/mol. The molecule has 3 heterocycles. The lowest BCUT2D eigenvalue weighted by Gasteiger charge is -2.40. The van der Waals surface area contributed by atoms with Crippen LogP contribution in [-0.4, -0.2) is 113 Å². The maximum absolute atomic E-state index is 5.99. The molecular weight excluding hydrogens is 328 g/mol. The number of piperidine rings is 1. The van der Waals surface area contributed by atoms with Gasteiger partial charge in [-0.3, -0.25) is 9.80 Å². The third kappa shape index (κ3) is 7.79. The molecule has 1 N–H and O–H groups in total. The van der Waals surface area contributed by atoms with Crippen LogP contribution in [0.5, 0.6) is 0 Å². The van der Waals surface area contributed by atoms with Crippen LogP contribution in [0.3, 0.4) is 0 Å². The zero-order valence-corrected chi connectivity index (χ0v) is 17.4. The van der Waals surface area contributed by atoms with Crippen LogP contribution in [-0.2, 0) is 9.47 Å². The van der Waals surface area contributed by atoms with Gasteiger partial charge < -0.3 is 19.7 Å². The van der Waals surface area contributed by atoms with Gasteiger partial charge in [0.2, 0.25) is 0 Å². The van der Waals surface area contributed by atoms with E-state index in [4.69, 9.17) is 9.47 Å². The number of hydrogen-bond donors (Lipinski definition) is 1. The van der Waals surface area contributed by atoms with Crippen LogP contribution in [0, 0.1) is 5.92 Å². The molecule has 1 unspecified atom stereocenters. The van der Waals surface area contributed by atoms with Gasteiger partial charge in [-0.1, -0.05) is 13.8 Å². The zero-order valence-electron chi connectivity index (χ0n) is 17.4. The molecular formula is C20H42N4O2. The van der Waals surface area contributed by atoms with Crippen molar-refractivity contribution in [2.24, 2.45) is 5.92 Å². The Bertz CT molecular complexity index is 345. The molecule has 0 aromatic heterocycles. The highest BCUT2D eigenvalue weighted by Gasteiger charge is 2.26. The predicted molar refractivity (Wildman–Crippen MR) is 108 cm³/mol. The maximum Gasteiger partial charge on any atom is 0.0829 e. The van der Waals surface area contributed by atoms with Crippen molar-refractivity contribution < 1.29 is 9.47 Å². The number of rotatable bonds is 7. The molecule has 0 saturated carbocycles. The van der Waals surface area contributed by atoms with Gasteiger partial charge in [0.15, 0.2) is 0 Å². The molecule has 3 saturated heterocycles. The lowest BCUT2D eigenvalue weighted by Crippen LogP contribution is -2.53. The van der Waals surface area contributed by atoms with Crippen molar-refractivity contribution in [3.05, 3.63) is 0 Å². The van der Waals surface area contributed by atoms with Crippen LogP contribution in [0.4, 0.5) is 0 Å². The molecule has 0 aromatic carbocycles. The summed E-state index contributed by atoms with van der Waals surface area (Å²) in [6, 6.07) is 0. The summed E-state index contributed by atoms with van der Waals surface area (Å²) in [7, 11) is 1.78. The molecule has 0 amide bonds. The Labute approximate surface area is 161 Å². The topological polar surface area (TPSA) is 40.2 Å². The smallest absolute Gasteiger partial charge is 0.0829 e. The number of methoxy groups -OCH3 is 1. The minimum atomic E-state index is 0.367. The molecule has 1 atom stereocenters. The third-order valence-corrected chi connectivity index (χ3v) is 5.74. The highest BCUT2D eigenvalue weighted by molar-refractivity contribution is 4.80. The summed E-state index contributed by atoms with van der Waals surface area (Å²) < 4.78 is 11.2. The lowest BCUT2D eigenvalue weighted by atomic mass is 9.97. The van der Waals surface area contributed by atoms with Crippen molar-refractivity contribution in [3.8, 4) is 0 Å². The van der Waals surface area contributed by atoms with Crippen molar-refractivity contribution in [2.45, 2.75) is 32.8 Å². The fraction of sp³-hybridized carbons (Fsp3) is 1.00. The van der Waals surface area contributed by atoms with Gasteiger partial charge in [-0.2, -0.15) is 0 Å². The average Bonchev–Trinajstić information content (AvgIpc) is 2.71. The molecule has 6 nitrogen and oxygen atoms in total. The highest BCUT2D eigenvalue weighted by Crippen LogP contribution is 2.15. The summed E-state index contributed by atoms with van der Waals surface area (Å²) in [5.74, 6) is 0.911. The first-order valence-electron chi connectivity index (χ1n) is 10.8. The van der Waals surface area contributed by atoms with Gasteiger partial charge in [-0.25, -0.2) is 0 Å². The minimum Gasteiger partial charge on any atom is -0.383 e. The second-order valence-electron chi connectivity index (χ2n) is 7.58. The number of piperazine rings is 1. The molecule has 3 aliphatic heterocycles. The Morgan fingerprint density at radius 1 is 0.923 bits per heavy atom. The second kappa shape index (κ2) is 13.0. The van der Waals surface area contributed by atoms with Crippen LogP contribution in [0.1, 0.15) is 26.7 Å². The predicted octanol–water partition coefficient (Wildman–Crippen LogP) is 0.977. The van der Waals surface area contributed by atoms with E-state index in [1.165, 1.54) is 58.7 Å². The van der Waals surface area contributed by atoms with Crippen LogP contribution >= 0.6 is 0 Å². The summed E-state index contributed by atoms with van der Waals surface area (Å²) in [5, 5.41) is 3.47. The van der Waals surface area contributed by atoms with E-state index in [0.29, 0.717) is 6.10 Å². The van der Waals surface area contributed by atoms with Crippen molar-refractivity contribution in [1.29, 1.82) is 0 Å². The van der Waals surface area contributed by atoms with Gasteiger partial charge in [0.1, 0.15) is 0 Å². The fourth-order valence-electron chi connectivity index (χ4n) is 4.19. The van der Waals surface area contributed by atoms with E-state index >= 15 is 0 Å². The standard InChI is InChI=1S/C18H36N4O2.C2H6/c1-23-12-10-22-11-13-24-18(16-22)15-21-8-6-20(7-9-21)14-17-2-4-19-5-3-17;1-2/h17-19H,2-16H2,1H3;1-2H3. The van der Waals surface area contributed by atoms with Crippen LogP contribution < -0.4 is 5.32 Å². The van der Waals surface area contributed by atoms with Crippen molar-refractivity contribution in [2.75, 3.05) is 92.3 Å².